The third-order valence-corrected chi connectivity index (χ3v) is 3.84. The van der Waals surface area contributed by atoms with Gasteiger partial charge in [-0.25, -0.2) is 0 Å². The Kier molecular flexibility index (Phi) is 4.92. The highest BCUT2D eigenvalue weighted by molar-refractivity contribution is 5.15. The monoisotopic (exact) mass is 216 g/mol. The van der Waals surface area contributed by atoms with Gasteiger partial charge in [-0.2, -0.15) is 0 Å². The first-order valence-electron chi connectivity index (χ1n) is 6.99. The molecule has 2 rings (SSSR count). The molecule has 1 saturated carbocycles. The molecular formula is C16H24. The van der Waals surface area contributed by atoms with Gasteiger partial charge in [0.25, 0.3) is 0 Å². The standard InChI is InChI=1S/C16H24/c1-2-4-7-11-15(10-6-3-1)14-16-12-8-5-9-13-16/h5,8-9,12-13,15H,1-4,6-7,10-11,14H2. The van der Waals surface area contributed by atoms with Crippen molar-refractivity contribution < 1.29 is 0 Å². The largest absolute Gasteiger partial charge is 0.0622 e. The zero-order valence-corrected chi connectivity index (χ0v) is 10.3. The van der Waals surface area contributed by atoms with Crippen molar-refractivity contribution in [1.29, 1.82) is 0 Å². The van der Waals surface area contributed by atoms with E-state index in [1.807, 2.05) is 0 Å². The Morgan fingerprint density at radius 1 is 0.750 bits per heavy atom. The molecule has 0 nitrogen and oxygen atoms in total. The second kappa shape index (κ2) is 6.73. The van der Waals surface area contributed by atoms with Crippen LogP contribution in [0.2, 0.25) is 0 Å². The number of rotatable bonds is 2. The fourth-order valence-corrected chi connectivity index (χ4v) is 2.87. The Morgan fingerprint density at radius 2 is 1.31 bits per heavy atom. The zero-order valence-electron chi connectivity index (χ0n) is 10.3. The van der Waals surface area contributed by atoms with Crippen molar-refractivity contribution in [2.75, 3.05) is 0 Å². The van der Waals surface area contributed by atoms with E-state index in [1.165, 1.54) is 63.4 Å². The molecule has 0 radical (unpaired) electrons. The molecule has 0 unspecified atom stereocenters. The summed E-state index contributed by atoms with van der Waals surface area (Å²) >= 11 is 0. The van der Waals surface area contributed by atoms with Gasteiger partial charge in [0.15, 0.2) is 0 Å². The first kappa shape index (κ1) is 11.7. The van der Waals surface area contributed by atoms with E-state index in [-0.39, 0.29) is 0 Å². The number of hydrogen-bond acceptors (Lipinski definition) is 0. The highest BCUT2D eigenvalue weighted by atomic mass is 14.2. The maximum atomic E-state index is 2.28. The maximum Gasteiger partial charge on any atom is -0.0250 e. The molecule has 1 aliphatic rings. The van der Waals surface area contributed by atoms with Gasteiger partial charge in [-0.1, -0.05) is 81.7 Å². The minimum Gasteiger partial charge on any atom is -0.0622 e. The summed E-state index contributed by atoms with van der Waals surface area (Å²) < 4.78 is 0. The van der Waals surface area contributed by atoms with Gasteiger partial charge in [-0.05, 0) is 17.9 Å². The number of benzene rings is 1. The van der Waals surface area contributed by atoms with Crippen LogP contribution in [0, 0.1) is 5.92 Å². The molecule has 1 fully saturated rings. The molecular weight excluding hydrogens is 192 g/mol. The molecule has 0 heteroatoms. The quantitative estimate of drug-likeness (QED) is 0.654. The molecule has 1 aromatic carbocycles. The van der Waals surface area contributed by atoms with Crippen molar-refractivity contribution in [2.45, 2.75) is 57.8 Å². The second-order valence-electron chi connectivity index (χ2n) is 5.25. The molecule has 0 aliphatic heterocycles. The summed E-state index contributed by atoms with van der Waals surface area (Å²) in [4.78, 5) is 0. The molecule has 0 amide bonds. The van der Waals surface area contributed by atoms with Crippen LogP contribution in [0.3, 0.4) is 0 Å². The van der Waals surface area contributed by atoms with Crippen LogP contribution in [0.25, 0.3) is 0 Å². The van der Waals surface area contributed by atoms with Gasteiger partial charge < -0.3 is 0 Å². The van der Waals surface area contributed by atoms with Crippen LogP contribution < -0.4 is 0 Å². The molecule has 0 bridgehead atoms. The summed E-state index contributed by atoms with van der Waals surface area (Å²) in [5, 5.41) is 0. The third-order valence-electron chi connectivity index (χ3n) is 3.84. The molecule has 0 spiro atoms. The SMILES string of the molecule is c1ccc(CC2CCCCCCCC2)cc1. The van der Waals surface area contributed by atoms with E-state index in [0.29, 0.717) is 0 Å². The summed E-state index contributed by atoms with van der Waals surface area (Å²) in [6.45, 7) is 0. The molecule has 0 heterocycles. The van der Waals surface area contributed by atoms with Gasteiger partial charge in [-0.15, -0.1) is 0 Å². The highest BCUT2D eigenvalue weighted by Crippen LogP contribution is 2.24. The van der Waals surface area contributed by atoms with Gasteiger partial charge in [-0.3, -0.25) is 0 Å². The lowest BCUT2D eigenvalue weighted by atomic mass is 9.90. The average molecular weight is 216 g/mol. The summed E-state index contributed by atoms with van der Waals surface area (Å²) in [6.07, 6.45) is 13.0. The Labute approximate surface area is 100 Å². The Hall–Kier alpha value is -0.780. The maximum absolute atomic E-state index is 2.28. The summed E-state index contributed by atoms with van der Waals surface area (Å²) in [7, 11) is 0. The summed E-state index contributed by atoms with van der Waals surface area (Å²) in [5.41, 5.74) is 1.53. The van der Waals surface area contributed by atoms with E-state index >= 15 is 0 Å². The van der Waals surface area contributed by atoms with E-state index in [0.717, 1.165) is 5.92 Å². The van der Waals surface area contributed by atoms with Crippen molar-refractivity contribution in [3.63, 3.8) is 0 Å². The van der Waals surface area contributed by atoms with Crippen LogP contribution in [-0.4, -0.2) is 0 Å². The van der Waals surface area contributed by atoms with Crippen LogP contribution in [0.1, 0.15) is 56.9 Å². The van der Waals surface area contributed by atoms with E-state index in [1.54, 1.807) is 0 Å². The molecule has 1 aliphatic carbocycles. The van der Waals surface area contributed by atoms with Gasteiger partial charge >= 0.3 is 0 Å². The second-order valence-corrected chi connectivity index (χ2v) is 5.25. The molecule has 0 aromatic heterocycles. The van der Waals surface area contributed by atoms with Crippen LogP contribution in [-0.2, 0) is 6.42 Å². The van der Waals surface area contributed by atoms with Gasteiger partial charge in [0.2, 0.25) is 0 Å². The molecule has 1 aromatic rings. The predicted molar refractivity (Wildman–Crippen MR) is 70.6 cm³/mol. The molecule has 0 N–H and O–H groups in total. The fraction of sp³-hybridized carbons (Fsp3) is 0.625. The first-order chi connectivity index (χ1) is 7.95. The lowest BCUT2D eigenvalue weighted by Gasteiger charge is -2.15. The van der Waals surface area contributed by atoms with Crippen molar-refractivity contribution in [2.24, 2.45) is 5.92 Å². The lowest BCUT2D eigenvalue weighted by molar-refractivity contribution is 0.425. The van der Waals surface area contributed by atoms with E-state index in [4.69, 9.17) is 0 Å². The Morgan fingerprint density at radius 3 is 1.94 bits per heavy atom. The third kappa shape index (κ3) is 4.00. The molecule has 88 valence electrons. The summed E-state index contributed by atoms with van der Waals surface area (Å²) in [5.74, 6) is 0.945. The minimum absolute atomic E-state index is 0.945. The summed E-state index contributed by atoms with van der Waals surface area (Å²) in [6, 6.07) is 11.0. The van der Waals surface area contributed by atoms with Crippen molar-refractivity contribution in [1.82, 2.24) is 0 Å². The van der Waals surface area contributed by atoms with Crippen LogP contribution in [0.4, 0.5) is 0 Å². The zero-order chi connectivity index (χ0) is 11.1. The molecule has 0 atom stereocenters. The van der Waals surface area contributed by atoms with Crippen LogP contribution in [0.5, 0.6) is 0 Å². The topological polar surface area (TPSA) is 0 Å². The highest BCUT2D eigenvalue weighted by Gasteiger charge is 2.10. The number of hydrogen-bond donors (Lipinski definition) is 0. The van der Waals surface area contributed by atoms with Crippen molar-refractivity contribution in [3.8, 4) is 0 Å². The van der Waals surface area contributed by atoms with Crippen molar-refractivity contribution in [3.05, 3.63) is 35.9 Å². The normalized spacial score (nSPS) is 19.8. The smallest absolute Gasteiger partial charge is 0.0250 e. The molecule has 0 saturated heterocycles. The Bertz CT molecular complexity index is 265. The lowest BCUT2D eigenvalue weighted by Crippen LogP contribution is -2.04. The first-order valence-corrected chi connectivity index (χ1v) is 6.99. The van der Waals surface area contributed by atoms with Crippen LogP contribution >= 0.6 is 0 Å². The van der Waals surface area contributed by atoms with E-state index in [9.17, 15) is 0 Å². The molecule has 16 heavy (non-hydrogen) atoms. The van der Waals surface area contributed by atoms with E-state index in [2.05, 4.69) is 30.3 Å². The van der Waals surface area contributed by atoms with E-state index < -0.39 is 0 Å². The van der Waals surface area contributed by atoms with Crippen molar-refractivity contribution >= 4 is 0 Å². The minimum atomic E-state index is 0.945. The Balaban J connectivity index is 1.86. The van der Waals surface area contributed by atoms with Gasteiger partial charge in [0.05, 0.1) is 0 Å². The average Bonchev–Trinajstić information content (AvgIpc) is 2.45. The van der Waals surface area contributed by atoms with Crippen LogP contribution in [0.15, 0.2) is 30.3 Å². The van der Waals surface area contributed by atoms with Gasteiger partial charge in [0.1, 0.15) is 0 Å². The van der Waals surface area contributed by atoms with Gasteiger partial charge in [0, 0.05) is 0 Å². The fourth-order valence-electron chi connectivity index (χ4n) is 2.87. The predicted octanol–water partition coefficient (Wildman–Crippen LogP) is 4.98.